The average molecular weight is 366 g/mol. The van der Waals surface area contributed by atoms with E-state index < -0.39 is 0 Å². The molecule has 8 heteroatoms. The van der Waals surface area contributed by atoms with Gasteiger partial charge in [-0.1, -0.05) is 18.5 Å². The first-order valence-corrected chi connectivity index (χ1v) is 8.75. The Labute approximate surface area is 151 Å². The number of halogens is 1. The van der Waals surface area contributed by atoms with E-state index in [9.17, 15) is 0 Å². The van der Waals surface area contributed by atoms with Crippen molar-refractivity contribution in [1.82, 2.24) is 15.3 Å². The van der Waals surface area contributed by atoms with Crippen molar-refractivity contribution in [2.24, 2.45) is 5.92 Å². The van der Waals surface area contributed by atoms with Gasteiger partial charge in [-0.15, -0.1) is 0 Å². The molecule has 0 radical (unpaired) electrons. The molecule has 1 saturated heterocycles. The van der Waals surface area contributed by atoms with Gasteiger partial charge in [0, 0.05) is 19.2 Å². The summed E-state index contributed by atoms with van der Waals surface area (Å²) in [4.78, 5) is 11.0. The Bertz CT molecular complexity index is 694. The second kappa shape index (κ2) is 7.81. The molecule has 0 bridgehead atoms. The predicted molar refractivity (Wildman–Crippen MR) is 99.4 cm³/mol. The molecule has 128 valence electrons. The molecule has 1 atom stereocenters. The number of furan rings is 1. The molecule has 2 N–H and O–H groups in total. The summed E-state index contributed by atoms with van der Waals surface area (Å²) in [5.74, 6) is 2.68. The number of anilines is 2. The average Bonchev–Trinajstić information content (AvgIpc) is 3.06. The highest BCUT2D eigenvalue weighted by atomic mass is 35.5. The number of hydrogen-bond donors (Lipinski definition) is 2. The number of nitrogens with one attached hydrogen (secondary N) is 2. The van der Waals surface area contributed by atoms with Gasteiger partial charge in [-0.25, -0.2) is 4.98 Å². The number of nitrogens with zero attached hydrogens (tertiary/aromatic N) is 3. The topological polar surface area (TPSA) is 66.2 Å². The predicted octanol–water partition coefficient (Wildman–Crippen LogP) is 3.45. The quantitative estimate of drug-likeness (QED) is 0.635. The summed E-state index contributed by atoms with van der Waals surface area (Å²) in [6.07, 6.45) is 4.04. The zero-order valence-electron chi connectivity index (χ0n) is 13.5. The van der Waals surface area contributed by atoms with Gasteiger partial charge in [0.1, 0.15) is 16.7 Å². The molecule has 0 saturated carbocycles. The van der Waals surface area contributed by atoms with E-state index in [2.05, 4.69) is 32.4 Å². The number of aromatic nitrogens is 2. The van der Waals surface area contributed by atoms with Crippen LogP contribution in [-0.4, -0.2) is 28.2 Å². The molecule has 3 rings (SSSR count). The number of hydrogen-bond acceptors (Lipinski definition) is 5. The molecule has 0 spiro atoms. The van der Waals surface area contributed by atoms with Gasteiger partial charge in [-0.2, -0.15) is 4.98 Å². The molecular weight excluding hydrogens is 346 g/mol. The SMILES string of the molecule is C[C@H]1CCCN(c2cc(Cl)nc(NC(=S)NCc3ccco3)n2)C1. The Morgan fingerprint density at radius 1 is 1.50 bits per heavy atom. The smallest absolute Gasteiger partial charge is 0.232 e. The summed E-state index contributed by atoms with van der Waals surface area (Å²) in [7, 11) is 0. The van der Waals surface area contributed by atoms with Gasteiger partial charge in [-0.05, 0) is 43.1 Å². The molecule has 3 heterocycles. The minimum atomic E-state index is 0.396. The van der Waals surface area contributed by atoms with Crippen LogP contribution in [0.2, 0.25) is 5.15 Å². The van der Waals surface area contributed by atoms with E-state index in [1.807, 2.05) is 12.1 Å². The van der Waals surface area contributed by atoms with Crippen molar-refractivity contribution in [3.05, 3.63) is 35.4 Å². The number of piperidine rings is 1. The van der Waals surface area contributed by atoms with Crippen LogP contribution in [0.1, 0.15) is 25.5 Å². The molecule has 2 aromatic rings. The van der Waals surface area contributed by atoms with Gasteiger partial charge in [0.2, 0.25) is 5.95 Å². The van der Waals surface area contributed by atoms with E-state index in [0.29, 0.717) is 28.7 Å². The van der Waals surface area contributed by atoms with Crippen LogP contribution < -0.4 is 15.5 Å². The van der Waals surface area contributed by atoms with E-state index in [0.717, 1.165) is 31.1 Å². The summed E-state index contributed by atoms with van der Waals surface area (Å²) in [6.45, 7) is 4.71. The number of rotatable bonds is 4. The fourth-order valence-electron chi connectivity index (χ4n) is 2.75. The second-order valence-corrected chi connectivity index (χ2v) is 6.75. The lowest BCUT2D eigenvalue weighted by Gasteiger charge is -2.32. The minimum absolute atomic E-state index is 0.396. The molecule has 1 aliphatic rings. The summed E-state index contributed by atoms with van der Waals surface area (Å²) in [5, 5.41) is 6.85. The van der Waals surface area contributed by atoms with Gasteiger partial charge in [0.05, 0.1) is 12.8 Å². The Kier molecular flexibility index (Phi) is 5.52. The lowest BCUT2D eigenvalue weighted by atomic mass is 10.0. The highest BCUT2D eigenvalue weighted by Gasteiger charge is 2.19. The van der Waals surface area contributed by atoms with Crippen molar-refractivity contribution < 1.29 is 4.42 Å². The maximum atomic E-state index is 6.15. The molecular formula is C16H20ClN5OS. The molecule has 1 aliphatic heterocycles. The molecule has 2 aromatic heterocycles. The molecule has 0 aliphatic carbocycles. The molecule has 0 unspecified atom stereocenters. The number of thiocarbonyl (C=S) groups is 1. The van der Waals surface area contributed by atoms with E-state index in [4.69, 9.17) is 28.2 Å². The van der Waals surface area contributed by atoms with Crippen molar-refractivity contribution in [2.75, 3.05) is 23.3 Å². The van der Waals surface area contributed by atoms with E-state index in [-0.39, 0.29) is 0 Å². The summed E-state index contributed by atoms with van der Waals surface area (Å²) < 4.78 is 5.25. The first kappa shape index (κ1) is 17.0. The Morgan fingerprint density at radius 2 is 2.38 bits per heavy atom. The van der Waals surface area contributed by atoms with Crippen molar-refractivity contribution in [3.8, 4) is 0 Å². The summed E-state index contributed by atoms with van der Waals surface area (Å²) in [6, 6.07) is 5.50. The van der Waals surface area contributed by atoms with Crippen molar-refractivity contribution in [1.29, 1.82) is 0 Å². The van der Waals surface area contributed by atoms with Gasteiger partial charge in [-0.3, -0.25) is 0 Å². The van der Waals surface area contributed by atoms with Crippen LogP contribution in [-0.2, 0) is 6.54 Å². The van der Waals surface area contributed by atoms with Gasteiger partial charge >= 0.3 is 0 Å². The highest BCUT2D eigenvalue weighted by Crippen LogP contribution is 2.24. The first-order chi connectivity index (χ1) is 11.6. The fourth-order valence-corrected chi connectivity index (χ4v) is 3.09. The normalized spacial score (nSPS) is 17.6. The molecule has 0 amide bonds. The Balaban J connectivity index is 1.63. The highest BCUT2D eigenvalue weighted by molar-refractivity contribution is 7.80. The second-order valence-electron chi connectivity index (χ2n) is 5.95. The third kappa shape index (κ3) is 4.58. The maximum Gasteiger partial charge on any atom is 0.232 e. The standard InChI is InChI=1S/C16H20ClN5OS/c1-11-4-2-6-22(10-11)14-8-13(17)19-15(20-14)21-16(24)18-9-12-5-3-7-23-12/h3,5,7-8,11H,2,4,6,9-10H2,1H3,(H2,18,19,20,21,24)/t11-/m0/s1. The molecule has 6 nitrogen and oxygen atoms in total. The minimum Gasteiger partial charge on any atom is -0.467 e. The third-order valence-electron chi connectivity index (χ3n) is 3.89. The van der Waals surface area contributed by atoms with E-state index in [1.165, 1.54) is 6.42 Å². The fraction of sp³-hybridized carbons (Fsp3) is 0.438. The molecule has 0 aromatic carbocycles. The van der Waals surface area contributed by atoms with E-state index >= 15 is 0 Å². The monoisotopic (exact) mass is 365 g/mol. The van der Waals surface area contributed by atoms with Crippen LogP contribution in [0.25, 0.3) is 0 Å². The van der Waals surface area contributed by atoms with Crippen LogP contribution in [0.4, 0.5) is 11.8 Å². The van der Waals surface area contributed by atoms with Crippen molar-refractivity contribution >= 4 is 40.7 Å². The van der Waals surface area contributed by atoms with Gasteiger partial charge in [0.15, 0.2) is 5.11 Å². The van der Waals surface area contributed by atoms with E-state index in [1.54, 1.807) is 12.3 Å². The summed E-state index contributed by atoms with van der Waals surface area (Å²) in [5.41, 5.74) is 0. The Hall–Kier alpha value is -1.86. The zero-order valence-corrected chi connectivity index (χ0v) is 15.0. The lowest BCUT2D eigenvalue weighted by Crippen LogP contribution is -2.35. The first-order valence-electron chi connectivity index (χ1n) is 7.97. The van der Waals surface area contributed by atoms with Crippen LogP contribution in [0.15, 0.2) is 28.9 Å². The maximum absolute atomic E-state index is 6.15. The van der Waals surface area contributed by atoms with Crippen molar-refractivity contribution in [2.45, 2.75) is 26.3 Å². The Morgan fingerprint density at radius 3 is 3.12 bits per heavy atom. The van der Waals surface area contributed by atoms with Crippen LogP contribution in [0.3, 0.4) is 0 Å². The van der Waals surface area contributed by atoms with Crippen LogP contribution >= 0.6 is 23.8 Å². The van der Waals surface area contributed by atoms with Gasteiger partial charge < -0.3 is 20.0 Å². The molecule has 24 heavy (non-hydrogen) atoms. The largest absolute Gasteiger partial charge is 0.467 e. The lowest BCUT2D eigenvalue weighted by molar-refractivity contribution is 0.444. The van der Waals surface area contributed by atoms with Crippen LogP contribution in [0, 0.1) is 5.92 Å². The molecule has 1 fully saturated rings. The third-order valence-corrected chi connectivity index (χ3v) is 4.33. The van der Waals surface area contributed by atoms with Gasteiger partial charge in [0.25, 0.3) is 0 Å². The van der Waals surface area contributed by atoms with Crippen molar-refractivity contribution in [3.63, 3.8) is 0 Å². The zero-order chi connectivity index (χ0) is 16.9. The van der Waals surface area contributed by atoms with Crippen LogP contribution in [0.5, 0.6) is 0 Å². The summed E-state index contributed by atoms with van der Waals surface area (Å²) >= 11 is 11.4.